The molecule has 220 valence electrons. The molecule has 40 heavy (non-hydrogen) atoms. The van der Waals surface area contributed by atoms with E-state index in [1.807, 2.05) is 6.08 Å². The largest absolute Gasteiger partial charge is 0.504 e. The maximum Gasteiger partial charge on any atom is 0.164 e. The number of ether oxygens (including phenoxy) is 2. The molecule has 3 nitrogen and oxygen atoms in total. The van der Waals surface area contributed by atoms with Crippen LogP contribution >= 0.6 is 0 Å². The lowest BCUT2D eigenvalue weighted by Gasteiger charge is -2.31. The zero-order valence-electron chi connectivity index (χ0n) is 26.5. The fourth-order valence-corrected chi connectivity index (χ4v) is 4.87. The van der Waals surface area contributed by atoms with Crippen LogP contribution in [0.3, 0.4) is 0 Å². The summed E-state index contributed by atoms with van der Waals surface area (Å²) in [4.78, 5) is 0. The molecule has 3 heteroatoms. The molecule has 1 aliphatic heterocycles. The predicted octanol–water partition coefficient (Wildman–Crippen LogP) is 11.2. The van der Waals surface area contributed by atoms with Crippen LogP contribution in [0.2, 0.25) is 0 Å². The smallest absolute Gasteiger partial charge is 0.164 e. The van der Waals surface area contributed by atoms with Crippen LogP contribution in [-0.2, 0) is 0 Å². The summed E-state index contributed by atoms with van der Waals surface area (Å²) in [6.45, 7) is 15.5. The molecule has 0 saturated heterocycles. The molecule has 0 saturated carbocycles. The Hall–Kier alpha value is -2.94. The SMILES string of the molecule is COc1cc2c(cc1O)C=C[C@@](C)(CC/C=C(\C)CC/C=C(\C)CC/C=C(\C)CC/C=C(\C)CCC=C(C)C)O2. The lowest BCUT2D eigenvalue weighted by Crippen LogP contribution is -2.31. The normalized spacial score (nSPS) is 17.9. The molecule has 0 spiro atoms. The van der Waals surface area contributed by atoms with Gasteiger partial charge in [-0.05, 0) is 125 Å². The van der Waals surface area contributed by atoms with Gasteiger partial charge in [-0.25, -0.2) is 0 Å². The fraction of sp³-hybridized carbons (Fsp3) is 0.514. The first-order chi connectivity index (χ1) is 19.0. The van der Waals surface area contributed by atoms with Gasteiger partial charge < -0.3 is 14.6 Å². The molecule has 1 heterocycles. The Bertz CT molecular complexity index is 1140. The molecule has 1 aliphatic rings. The molecule has 1 atom stereocenters. The van der Waals surface area contributed by atoms with Crippen LogP contribution in [0.5, 0.6) is 17.2 Å². The third-order valence-electron chi connectivity index (χ3n) is 7.59. The molecule has 0 radical (unpaired) electrons. The Morgan fingerprint density at radius 2 is 1.23 bits per heavy atom. The number of aromatic hydroxyl groups is 1. The van der Waals surface area contributed by atoms with Crippen molar-refractivity contribution in [2.75, 3.05) is 7.11 Å². The van der Waals surface area contributed by atoms with Crippen LogP contribution in [0.15, 0.2) is 76.5 Å². The van der Waals surface area contributed by atoms with E-state index in [1.54, 1.807) is 19.2 Å². The van der Waals surface area contributed by atoms with Gasteiger partial charge >= 0.3 is 0 Å². The van der Waals surface area contributed by atoms with Gasteiger partial charge in [0.15, 0.2) is 11.5 Å². The summed E-state index contributed by atoms with van der Waals surface area (Å²) in [5.41, 5.74) is 7.85. The van der Waals surface area contributed by atoms with Crippen LogP contribution in [0, 0.1) is 0 Å². The van der Waals surface area contributed by atoms with E-state index in [9.17, 15) is 5.11 Å². The number of phenolic OH excluding ortho intramolecular Hbond substituents is 1. The lowest BCUT2D eigenvalue weighted by atomic mass is 9.94. The molecule has 0 aromatic heterocycles. The number of hydrogen-bond donors (Lipinski definition) is 1. The van der Waals surface area contributed by atoms with Crippen LogP contribution in [0.25, 0.3) is 6.08 Å². The van der Waals surface area contributed by atoms with Crippen molar-refractivity contribution in [1.82, 2.24) is 0 Å². The van der Waals surface area contributed by atoms with Gasteiger partial charge in [-0.3, -0.25) is 0 Å². The quantitative estimate of drug-likeness (QED) is 0.210. The van der Waals surface area contributed by atoms with E-state index in [4.69, 9.17) is 9.47 Å². The fourth-order valence-electron chi connectivity index (χ4n) is 4.87. The highest BCUT2D eigenvalue weighted by Crippen LogP contribution is 2.40. The highest BCUT2D eigenvalue weighted by Gasteiger charge is 2.27. The molecular weight excluding hydrogens is 492 g/mol. The van der Waals surface area contributed by atoms with Gasteiger partial charge in [0.05, 0.1) is 7.11 Å². The van der Waals surface area contributed by atoms with E-state index in [0.29, 0.717) is 5.75 Å². The van der Waals surface area contributed by atoms with Gasteiger partial charge in [0.1, 0.15) is 11.4 Å². The number of methoxy groups -OCH3 is 1. The van der Waals surface area contributed by atoms with Crippen LogP contribution in [0.4, 0.5) is 0 Å². The second kappa shape index (κ2) is 17.0. The van der Waals surface area contributed by atoms with Gasteiger partial charge in [-0.1, -0.05) is 64.3 Å². The molecule has 0 amide bonds. The van der Waals surface area contributed by atoms with Gasteiger partial charge in [0, 0.05) is 11.6 Å². The van der Waals surface area contributed by atoms with Crippen LogP contribution in [-0.4, -0.2) is 17.8 Å². The van der Waals surface area contributed by atoms with Crippen molar-refractivity contribution in [2.24, 2.45) is 0 Å². The van der Waals surface area contributed by atoms with Crippen molar-refractivity contribution >= 4 is 6.08 Å². The number of benzene rings is 1. The van der Waals surface area contributed by atoms with Crippen molar-refractivity contribution < 1.29 is 14.6 Å². The van der Waals surface area contributed by atoms with E-state index >= 15 is 0 Å². The van der Waals surface area contributed by atoms with Gasteiger partial charge in [-0.15, -0.1) is 0 Å². The molecule has 0 aliphatic carbocycles. The maximum absolute atomic E-state index is 10.0. The monoisotopic (exact) mass is 546 g/mol. The van der Waals surface area contributed by atoms with Crippen molar-refractivity contribution in [3.05, 3.63) is 82.0 Å². The molecular formula is C37H54O3. The standard InChI is InChI=1S/C37H54O3/c1-28(2)14-9-15-29(3)16-10-17-30(4)18-11-19-31(5)20-12-21-32(6)22-13-24-37(7)25-23-33-26-34(38)36(39-8)27-35(33)40-37/h14,16,18,20,22-23,25-27,38H,9-13,15,17,19,21,24H2,1-8H3/b29-16+,30-18+,31-20+,32-22+/t37-/m1/s1. The molecule has 0 unspecified atom stereocenters. The maximum atomic E-state index is 10.0. The summed E-state index contributed by atoms with van der Waals surface area (Å²) in [6.07, 6.45) is 27.0. The minimum atomic E-state index is -0.367. The van der Waals surface area contributed by atoms with Crippen LogP contribution in [0.1, 0.15) is 118 Å². The topological polar surface area (TPSA) is 38.7 Å². The van der Waals surface area contributed by atoms with Gasteiger partial charge in [0.25, 0.3) is 0 Å². The first-order valence-corrected chi connectivity index (χ1v) is 15.1. The average molecular weight is 547 g/mol. The molecule has 0 fully saturated rings. The summed E-state index contributed by atoms with van der Waals surface area (Å²) in [7, 11) is 1.55. The van der Waals surface area contributed by atoms with Crippen molar-refractivity contribution in [3.63, 3.8) is 0 Å². The van der Waals surface area contributed by atoms with Gasteiger partial charge in [0.2, 0.25) is 0 Å². The summed E-state index contributed by atoms with van der Waals surface area (Å²) >= 11 is 0. The Morgan fingerprint density at radius 1 is 0.750 bits per heavy atom. The highest BCUT2D eigenvalue weighted by molar-refractivity contribution is 5.65. The number of phenols is 1. The minimum Gasteiger partial charge on any atom is -0.504 e. The first-order valence-electron chi connectivity index (χ1n) is 15.1. The summed E-state index contributed by atoms with van der Waals surface area (Å²) in [5.74, 6) is 1.32. The Kier molecular flexibility index (Phi) is 14.1. The van der Waals surface area contributed by atoms with Crippen molar-refractivity contribution in [1.29, 1.82) is 0 Å². The van der Waals surface area contributed by atoms with Crippen molar-refractivity contribution in [3.8, 4) is 17.2 Å². The Labute approximate surface area is 245 Å². The van der Waals surface area contributed by atoms with Gasteiger partial charge in [-0.2, -0.15) is 0 Å². The Balaban J connectivity index is 1.68. The van der Waals surface area contributed by atoms with E-state index in [2.05, 4.69) is 84.9 Å². The summed E-state index contributed by atoms with van der Waals surface area (Å²) in [5, 5.41) is 10.0. The second-order valence-electron chi connectivity index (χ2n) is 12.0. The lowest BCUT2D eigenvalue weighted by molar-refractivity contribution is 0.128. The second-order valence-corrected chi connectivity index (χ2v) is 12.0. The minimum absolute atomic E-state index is 0.132. The first kappa shape index (κ1) is 33.3. The highest BCUT2D eigenvalue weighted by atomic mass is 16.5. The Morgan fingerprint density at radius 3 is 1.70 bits per heavy atom. The zero-order chi connectivity index (χ0) is 29.5. The van der Waals surface area contributed by atoms with E-state index in [-0.39, 0.29) is 11.4 Å². The average Bonchev–Trinajstić information content (AvgIpc) is 2.88. The van der Waals surface area contributed by atoms with E-state index in [0.717, 1.165) is 69.1 Å². The molecule has 1 N–H and O–H groups in total. The number of hydrogen-bond acceptors (Lipinski definition) is 3. The third-order valence-corrected chi connectivity index (χ3v) is 7.59. The van der Waals surface area contributed by atoms with E-state index < -0.39 is 0 Å². The van der Waals surface area contributed by atoms with Crippen molar-refractivity contribution in [2.45, 2.75) is 118 Å². The molecule has 2 rings (SSSR count). The zero-order valence-corrected chi connectivity index (χ0v) is 26.5. The van der Waals surface area contributed by atoms with Crippen LogP contribution < -0.4 is 9.47 Å². The molecule has 0 bridgehead atoms. The van der Waals surface area contributed by atoms with E-state index in [1.165, 1.54) is 34.3 Å². The summed E-state index contributed by atoms with van der Waals surface area (Å²) < 4.78 is 11.5. The summed E-state index contributed by atoms with van der Waals surface area (Å²) in [6, 6.07) is 3.46. The molecule has 1 aromatic carbocycles. The predicted molar refractivity (Wildman–Crippen MR) is 173 cm³/mol. The number of allylic oxidation sites excluding steroid dienone is 10. The third kappa shape index (κ3) is 12.5. The molecule has 1 aromatic rings. The number of fused-ring (bicyclic) bond motifs is 1. The number of rotatable bonds is 16.